The second kappa shape index (κ2) is 4.84. The summed E-state index contributed by atoms with van der Waals surface area (Å²) in [5.74, 6) is 0.600. The van der Waals surface area contributed by atoms with Gasteiger partial charge < -0.3 is 16.4 Å². The summed E-state index contributed by atoms with van der Waals surface area (Å²) in [5, 5.41) is 0. The van der Waals surface area contributed by atoms with E-state index < -0.39 is 0 Å². The molecule has 1 aliphatic heterocycles. The average Bonchev–Trinajstić information content (AvgIpc) is 2.30. The Bertz CT molecular complexity index is 460. The summed E-state index contributed by atoms with van der Waals surface area (Å²) < 4.78 is 0. The van der Waals surface area contributed by atoms with Crippen LogP contribution in [-0.4, -0.2) is 23.5 Å². The number of hydrogen-bond donors (Lipinski definition) is 2. The summed E-state index contributed by atoms with van der Waals surface area (Å²) in [7, 11) is 0. The number of nitrogens with two attached hydrogens (primary N) is 2. The fraction of sp³-hybridized carbons (Fsp3) is 0.538. The second-order valence-electron chi connectivity index (χ2n) is 5.09. The van der Waals surface area contributed by atoms with Gasteiger partial charge in [-0.3, -0.25) is 4.79 Å². The minimum Gasteiger partial charge on any atom is -0.397 e. The summed E-state index contributed by atoms with van der Waals surface area (Å²) in [6.45, 7) is 4.78. The normalized spacial score (nSPS) is 24.0. The van der Waals surface area contributed by atoms with Crippen LogP contribution >= 0.6 is 0 Å². The Hall–Kier alpha value is -1.78. The maximum atomic E-state index is 11.3. The molecule has 1 aromatic heterocycles. The summed E-state index contributed by atoms with van der Waals surface area (Å²) >= 11 is 0. The monoisotopic (exact) mass is 248 g/mol. The Morgan fingerprint density at radius 2 is 2.22 bits per heavy atom. The van der Waals surface area contributed by atoms with Crippen molar-refractivity contribution in [1.29, 1.82) is 0 Å². The number of piperidine rings is 1. The van der Waals surface area contributed by atoms with Gasteiger partial charge in [-0.25, -0.2) is 4.98 Å². The molecular weight excluding hydrogens is 228 g/mol. The SMILES string of the molecule is Cc1cc(N)cnc1N1CC(C(N)=O)CCC1C. The number of aryl methyl sites for hydroxylation is 1. The number of carbonyl (C=O) groups is 1. The van der Waals surface area contributed by atoms with E-state index in [-0.39, 0.29) is 11.8 Å². The molecule has 0 radical (unpaired) electrons. The van der Waals surface area contributed by atoms with Gasteiger partial charge in [0.2, 0.25) is 5.91 Å². The highest BCUT2D eigenvalue weighted by Crippen LogP contribution is 2.28. The van der Waals surface area contributed by atoms with Crippen LogP contribution in [0.15, 0.2) is 12.3 Å². The number of hydrogen-bond acceptors (Lipinski definition) is 4. The van der Waals surface area contributed by atoms with Gasteiger partial charge in [-0.1, -0.05) is 0 Å². The van der Waals surface area contributed by atoms with E-state index >= 15 is 0 Å². The molecule has 4 N–H and O–H groups in total. The summed E-state index contributed by atoms with van der Waals surface area (Å²) in [6.07, 6.45) is 3.48. The maximum absolute atomic E-state index is 11.3. The van der Waals surface area contributed by atoms with Crippen molar-refractivity contribution in [1.82, 2.24) is 4.98 Å². The standard InChI is InChI=1S/C13H20N4O/c1-8-5-11(14)6-16-13(8)17-7-10(12(15)18)4-3-9(17)2/h5-6,9-10H,3-4,7,14H2,1-2H3,(H2,15,18). The lowest BCUT2D eigenvalue weighted by Crippen LogP contribution is -2.46. The van der Waals surface area contributed by atoms with Crippen molar-refractivity contribution in [2.75, 3.05) is 17.2 Å². The minimum atomic E-state index is -0.222. The molecular formula is C13H20N4O. The molecule has 2 heterocycles. The number of nitrogens with zero attached hydrogens (tertiary/aromatic N) is 2. The molecule has 18 heavy (non-hydrogen) atoms. The van der Waals surface area contributed by atoms with Gasteiger partial charge in [-0.15, -0.1) is 0 Å². The van der Waals surface area contributed by atoms with Crippen molar-refractivity contribution in [3.05, 3.63) is 17.8 Å². The van der Waals surface area contributed by atoms with E-state index in [1.807, 2.05) is 13.0 Å². The molecule has 0 saturated carbocycles. The van der Waals surface area contributed by atoms with Crippen LogP contribution in [0.25, 0.3) is 0 Å². The predicted molar refractivity (Wildman–Crippen MR) is 72.1 cm³/mol. The molecule has 1 aromatic rings. The number of nitrogen functional groups attached to an aromatic ring is 1. The van der Waals surface area contributed by atoms with Crippen LogP contribution in [0.4, 0.5) is 11.5 Å². The lowest BCUT2D eigenvalue weighted by molar-refractivity contribution is -0.122. The first kappa shape index (κ1) is 12.7. The Kier molecular flexibility index (Phi) is 3.41. The second-order valence-corrected chi connectivity index (χ2v) is 5.09. The van der Waals surface area contributed by atoms with Gasteiger partial charge in [0.1, 0.15) is 5.82 Å². The Balaban J connectivity index is 2.26. The Morgan fingerprint density at radius 3 is 2.83 bits per heavy atom. The number of pyridine rings is 1. The summed E-state index contributed by atoms with van der Waals surface area (Å²) in [4.78, 5) is 17.9. The van der Waals surface area contributed by atoms with E-state index in [1.165, 1.54) is 0 Å². The van der Waals surface area contributed by atoms with Crippen LogP contribution in [0.5, 0.6) is 0 Å². The lowest BCUT2D eigenvalue weighted by Gasteiger charge is -2.38. The first-order valence-corrected chi connectivity index (χ1v) is 6.27. The van der Waals surface area contributed by atoms with Crippen LogP contribution < -0.4 is 16.4 Å². The largest absolute Gasteiger partial charge is 0.397 e. The molecule has 5 heteroatoms. The van der Waals surface area contributed by atoms with E-state index in [4.69, 9.17) is 11.5 Å². The molecule has 0 aromatic carbocycles. The third-order valence-electron chi connectivity index (χ3n) is 3.63. The Labute approximate surface area is 107 Å². The van der Waals surface area contributed by atoms with Crippen LogP contribution in [0.1, 0.15) is 25.3 Å². The first-order chi connectivity index (χ1) is 8.49. The smallest absolute Gasteiger partial charge is 0.222 e. The van der Waals surface area contributed by atoms with Crippen LogP contribution in [0, 0.1) is 12.8 Å². The van der Waals surface area contributed by atoms with Gasteiger partial charge in [0.05, 0.1) is 17.8 Å². The zero-order valence-electron chi connectivity index (χ0n) is 10.9. The molecule has 1 saturated heterocycles. The highest BCUT2D eigenvalue weighted by atomic mass is 16.1. The fourth-order valence-electron chi connectivity index (χ4n) is 2.52. The fourth-order valence-corrected chi connectivity index (χ4v) is 2.52. The highest BCUT2D eigenvalue weighted by Gasteiger charge is 2.30. The molecule has 2 rings (SSSR count). The third kappa shape index (κ3) is 2.39. The zero-order valence-corrected chi connectivity index (χ0v) is 10.9. The van der Waals surface area contributed by atoms with Crippen molar-refractivity contribution in [2.45, 2.75) is 32.7 Å². The van der Waals surface area contributed by atoms with Crippen molar-refractivity contribution in [2.24, 2.45) is 11.7 Å². The van der Waals surface area contributed by atoms with Crippen LogP contribution in [0.2, 0.25) is 0 Å². The van der Waals surface area contributed by atoms with Crippen molar-refractivity contribution >= 4 is 17.4 Å². The van der Waals surface area contributed by atoms with E-state index in [2.05, 4.69) is 16.8 Å². The number of amides is 1. The summed E-state index contributed by atoms with van der Waals surface area (Å²) in [6, 6.07) is 2.28. The van der Waals surface area contributed by atoms with Crippen LogP contribution in [0.3, 0.4) is 0 Å². The molecule has 0 bridgehead atoms. The number of primary amides is 1. The molecule has 98 valence electrons. The average molecular weight is 248 g/mol. The summed E-state index contributed by atoms with van der Waals surface area (Å²) in [5.41, 5.74) is 12.8. The number of carbonyl (C=O) groups excluding carboxylic acids is 1. The van der Waals surface area contributed by atoms with Gasteiger partial charge >= 0.3 is 0 Å². The predicted octanol–water partition coefficient (Wildman–Crippen LogP) is 1.06. The first-order valence-electron chi connectivity index (χ1n) is 6.27. The molecule has 1 aliphatic rings. The lowest BCUT2D eigenvalue weighted by atomic mass is 9.92. The van der Waals surface area contributed by atoms with Gasteiger partial charge in [-0.05, 0) is 38.3 Å². The van der Waals surface area contributed by atoms with Crippen molar-refractivity contribution in [3.63, 3.8) is 0 Å². The molecule has 5 nitrogen and oxygen atoms in total. The van der Waals surface area contributed by atoms with Gasteiger partial charge in [0.25, 0.3) is 0 Å². The number of rotatable bonds is 2. The van der Waals surface area contributed by atoms with E-state index in [9.17, 15) is 4.79 Å². The zero-order chi connectivity index (χ0) is 13.3. The third-order valence-corrected chi connectivity index (χ3v) is 3.63. The highest BCUT2D eigenvalue weighted by molar-refractivity contribution is 5.77. The van der Waals surface area contributed by atoms with E-state index in [0.717, 1.165) is 24.2 Å². The molecule has 2 atom stereocenters. The number of anilines is 2. The quantitative estimate of drug-likeness (QED) is 0.819. The molecule has 2 unspecified atom stereocenters. The van der Waals surface area contributed by atoms with Gasteiger partial charge in [0, 0.05) is 12.6 Å². The topological polar surface area (TPSA) is 85.2 Å². The Morgan fingerprint density at radius 1 is 1.50 bits per heavy atom. The van der Waals surface area contributed by atoms with E-state index in [0.29, 0.717) is 18.3 Å². The van der Waals surface area contributed by atoms with Gasteiger partial charge in [0.15, 0.2) is 0 Å². The molecule has 1 amide bonds. The van der Waals surface area contributed by atoms with Crippen molar-refractivity contribution < 1.29 is 4.79 Å². The molecule has 0 spiro atoms. The number of aromatic nitrogens is 1. The molecule has 0 aliphatic carbocycles. The molecule has 1 fully saturated rings. The van der Waals surface area contributed by atoms with E-state index in [1.54, 1.807) is 6.20 Å². The maximum Gasteiger partial charge on any atom is 0.222 e. The minimum absolute atomic E-state index is 0.0834. The van der Waals surface area contributed by atoms with Crippen LogP contribution in [-0.2, 0) is 4.79 Å². The van der Waals surface area contributed by atoms with Gasteiger partial charge in [-0.2, -0.15) is 0 Å². The van der Waals surface area contributed by atoms with Crippen molar-refractivity contribution in [3.8, 4) is 0 Å².